The lowest BCUT2D eigenvalue weighted by molar-refractivity contribution is -0.112. The van der Waals surface area contributed by atoms with Gasteiger partial charge in [0.05, 0.1) is 17.9 Å². The normalized spacial score (nSPS) is 10.5. The van der Waals surface area contributed by atoms with E-state index in [1.54, 1.807) is 49.6 Å². The summed E-state index contributed by atoms with van der Waals surface area (Å²) < 4.78 is 4.96. The summed E-state index contributed by atoms with van der Waals surface area (Å²) in [5.41, 5.74) is 1.30. The maximum atomic E-state index is 12.3. The van der Waals surface area contributed by atoms with Gasteiger partial charge in [0.15, 0.2) is 0 Å². The molecule has 2 rings (SSSR count). The predicted molar refractivity (Wildman–Crippen MR) is 95.8 cm³/mol. The molecule has 2 aromatic rings. The Morgan fingerprint density at radius 3 is 2.77 bits per heavy atom. The fourth-order valence-electron chi connectivity index (χ4n) is 2.09. The van der Waals surface area contributed by atoms with Crippen molar-refractivity contribution in [2.75, 3.05) is 11.9 Å². The van der Waals surface area contributed by atoms with E-state index in [9.17, 15) is 14.9 Å². The average Bonchev–Trinajstić information content (AvgIpc) is 2.66. The first-order chi connectivity index (χ1) is 12.7. The number of ether oxygens (including phenoxy) is 1. The highest BCUT2D eigenvalue weighted by atomic mass is 16.5. The van der Waals surface area contributed by atoms with Crippen LogP contribution in [-0.2, 0) is 16.1 Å². The van der Waals surface area contributed by atoms with Gasteiger partial charge < -0.3 is 15.4 Å². The van der Waals surface area contributed by atoms with Crippen LogP contribution in [0.2, 0.25) is 0 Å². The lowest BCUT2D eigenvalue weighted by Gasteiger charge is -2.10. The van der Waals surface area contributed by atoms with Gasteiger partial charge in [-0.05, 0) is 30.7 Å². The minimum atomic E-state index is -0.622. The van der Waals surface area contributed by atoms with Crippen LogP contribution in [0.5, 0.6) is 0 Å². The van der Waals surface area contributed by atoms with E-state index in [0.29, 0.717) is 6.54 Å². The third kappa shape index (κ3) is 5.18. The Morgan fingerprint density at radius 2 is 2.08 bits per heavy atom. The zero-order valence-corrected chi connectivity index (χ0v) is 14.2. The standard InChI is InChI=1S/C19H18N4O3/c1-2-26-19(25)16-7-3-4-8-17(16)23-18(24)15(10-20)13-22-12-14-6-5-9-21-11-14/h3-9,11,13,22H,2,12H2,1H3,(H,23,24)/b15-13-. The number of carbonyl (C=O) groups is 2. The molecule has 0 unspecified atom stereocenters. The zero-order chi connectivity index (χ0) is 18.8. The van der Waals surface area contributed by atoms with E-state index in [1.165, 1.54) is 6.20 Å². The van der Waals surface area contributed by atoms with E-state index in [4.69, 9.17) is 4.74 Å². The van der Waals surface area contributed by atoms with Gasteiger partial charge in [0.2, 0.25) is 0 Å². The monoisotopic (exact) mass is 350 g/mol. The number of rotatable bonds is 7. The van der Waals surface area contributed by atoms with Gasteiger partial charge in [-0.2, -0.15) is 5.26 Å². The summed E-state index contributed by atoms with van der Waals surface area (Å²) in [4.78, 5) is 28.2. The van der Waals surface area contributed by atoms with Crippen molar-refractivity contribution in [2.24, 2.45) is 0 Å². The van der Waals surface area contributed by atoms with E-state index in [2.05, 4.69) is 15.6 Å². The first kappa shape index (κ1) is 18.7. The van der Waals surface area contributed by atoms with E-state index in [0.717, 1.165) is 5.56 Å². The van der Waals surface area contributed by atoms with Crippen molar-refractivity contribution in [3.63, 3.8) is 0 Å². The number of aromatic nitrogens is 1. The molecule has 132 valence electrons. The summed E-state index contributed by atoms with van der Waals surface area (Å²) in [5.74, 6) is -1.16. The van der Waals surface area contributed by atoms with Crippen molar-refractivity contribution in [2.45, 2.75) is 13.5 Å². The van der Waals surface area contributed by atoms with Crippen LogP contribution in [-0.4, -0.2) is 23.5 Å². The highest BCUT2D eigenvalue weighted by Gasteiger charge is 2.16. The minimum Gasteiger partial charge on any atom is -0.462 e. The second-order valence-corrected chi connectivity index (χ2v) is 5.13. The van der Waals surface area contributed by atoms with Crippen molar-refractivity contribution >= 4 is 17.6 Å². The van der Waals surface area contributed by atoms with Crippen molar-refractivity contribution in [1.82, 2.24) is 10.3 Å². The number of nitrogens with zero attached hydrogens (tertiary/aromatic N) is 2. The van der Waals surface area contributed by atoms with Crippen LogP contribution in [0.15, 0.2) is 60.6 Å². The Kier molecular flexibility index (Phi) is 6.89. The largest absolute Gasteiger partial charge is 0.462 e. The molecule has 0 spiro atoms. The number of hydrogen-bond donors (Lipinski definition) is 2. The average molecular weight is 350 g/mol. The Labute approximate surface area is 151 Å². The van der Waals surface area contributed by atoms with Gasteiger partial charge in [0.25, 0.3) is 5.91 Å². The third-order valence-electron chi connectivity index (χ3n) is 3.31. The molecule has 0 aliphatic carbocycles. The molecule has 0 radical (unpaired) electrons. The predicted octanol–water partition coefficient (Wildman–Crippen LogP) is 2.39. The van der Waals surface area contributed by atoms with Crippen LogP contribution in [0.4, 0.5) is 5.69 Å². The summed E-state index contributed by atoms with van der Waals surface area (Å²) in [6, 6.07) is 12.0. The topological polar surface area (TPSA) is 104 Å². The van der Waals surface area contributed by atoms with Crippen LogP contribution < -0.4 is 10.6 Å². The van der Waals surface area contributed by atoms with Gasteiger partial charge in [0.1, 0.15) is 11.6 Å². The Bertz CT molecular complexity index is 841. The first-order valence-corrected chi connectivity index (χ1v) is 7.95. The van der Waals surface area contributed by atoms with Crippen LogP contribution in [0, 0.1) is 11.3 Å². The molecule has 0 saturated heterocycles. The number of benzene rings is 1. The number of hydrogen-bond acceptors (Lipinski definition) is 6. The first-order valence-electron chi connectivity index (χ1n) is 7.95. The SMILES string of the molecule is CCOC(=O)c1ccccc1NC(=O)/C(C#N)=C\NCc1cccnc1. The van der Waals surface area contributed by atoms with Gasteiger partial charge in [0, 0.05) is 25.1 Å². The molecule has 0 saturated carbocycles. The van der Waals surface area contributed by atoms with E-state index < -0.39 is 11.9 Å². The number of esters is 1. The van der Waals surface area contributed by atoms with Gasteiger partial charge in [-0.1, -0.05) is 18.2 Å². The van der Waals surface area contributed by atoms with Gasteiger partial charge in [-0.25, -0.2) is 4.79 Å². The van der Waals surface area contributed by atoms with Crippen LogP contribution in [0.3, 0.4) is 0 Å². The second kappa shape index (κ2) is 9.59. The molecular weight excluding hydrogens is 332 g/mol. The molecule has 0 atom stereocenters. The maximum Gasteiger partial charge on any atom is 0.340 e. The molecule has 0 fully saturated rings. The molecule has 26 heavy (non-hydrogen) atoms. The Balaban J connectivity index is 2.06. The molecule has 2 N–H and O–H groups in total. The lowest BCUT2D eigenvalue weighted by Crippen LogP contribution is -2.19. The van der Waals surface area contributed by atoms with E-state index in [1.807, 2.05) is 12.1 Å². The smallest absolute Gasteiger partial charge is 0.340 e. The molecule has 0 aliphatic rings. The molecule has 7 nitrogen and oxygen atoms in total. The number of para-hydroxylation sites is 1. The van der Waals surface area contributed by atoms with Crippen molar-refractivity contribution in [1.29, 1.82) is 5.26 Å². The van der Waals surface area contributed by atoms with Gasteiger partial charge >= 0.3 is 5.97 Å². The highest BCUT2D eigenvalue weighted by Crippen LogP contribution is 2.17. The van der Waals surface area contributed by atoms with Gasteiger partial charge in [-0.15, -0.1) is 0 Å². The summed E-state index contributed by atoms with van der Waals surface area (Å²) >= 11 is 0. The molecule has 7 heteroatoms. The van der Waals surface area contributed by atoms with Crippen molar-refractivity contribution in [3.8, 4) is 6.07 Å². The Hall–Kier alpha value is -3.66. The number of anilines is 1. The van der Waals surface area contributed by atoms with Crippen LogP contribution in [0.25, 0.3) is 0 Å². The molecule has 1 aromatic heterocycles. The summed E-state index contributed by atoms with van der Waals surface area (Å²) in [5, 5.41) is 14.7. The number of amides is 1. The maximum absolute atomic E-state index is 12.3. The zero-order valence-electron chi connectivity index (χ0n) is 14.2. The van der Waals surface area contributed by atoms with Crippen molar-refractivity contribution in [3.05, 3.63) is 71.7 Å². The number of nitrogens with one attached hydrogen (secondary N) is 2. The molecule has 1 heterocycles. The lowest BCUT2D eigenvalue weighted by atomic mass is 10.1. The van der Waals surface area contributed by atoms with Gasteiger partial charge in [-0.3, -0.25) is 9.78 Å². The molecular formula is C19H18N4O3. The third-order valence-corrected chi connectivity index (χ3v) is 3.31. The molecule has 0 bridgehead atoms. The molecule has 0 aliphatic heterocycles. The van der Waals surface area contributed by atoms with Crippen LogP contribution >= 0.6 is 0 Å². The summed E-state index contributed by atoms with van der Waals surface area (Å²) in [6.07, 6.45) is 4.67. The fourth-order valence-corrected chi connectivity index (χ4v) is 2.09. The van der Waals surface area contributed by atoms with E-state index >= 15 is 0 Å². The second-order valence-electron chi connectivity index (χ2n) is 5.13. The fraction of sp³-hybridized carbons (Fsp3) is 0.158. The molecule has 1 aromatic carbocycles. The van der Waals surface area contributed by atoms with Crippen molar-refractivity contribution < 1.29 is 14.3 Å². The minimum absolute atomic E-state index is 0.118. The van der Waals surface area contributed by atoms with Crippen LogP contribution in [0.1, 0.15) is 22.8 Å². The summed E-state index contributed by atoms with van der Waals surface area (Å²) in [7, 11) is 0. The molecule has 1 amide bonds. The van der Waals surface area contributed by atoms with E-state index in [-0.39, 0.29) is 23.4 Å². The summed E-state index contributed by atoms with van der Waals surface area (Å²) in [6.45, 7) is 2.35. The Morgan fingerprint density at radius 1 is 1.27 bits per heavy atom. The quantitative estimate of drug-likeness (QED) is 0.451. The number of carbonyl (C=O) groups excluding carboxylic acids is 2. The number of pyridine rings is 1. The number of nitriles is 1. The highest BCUT2D eigenvalue weighted by molar-refractivity contribution is 6.09.